The van der Waals surface area contributed by atoms with Crippen molar-refractivity contribution in [2.24, 2.45) is 5.92 Å². The Labute approximate surface area is 133 Å². The van der Waals surface area contributed by atoms with Gasteiger partial charge in [-0.15, -0.1) is 0 Å². The molecule has 5 nitrogen and oxygen atoms in total. The van der Waals surface area contributed by atoms with Crippen LogP contribution in [0, 0.1) is 19.8 Å². The van der Waals surface area contributed by atoms with Gasteiger partial charge < -0.3 is 10.1 Å². The highest BCUT2D eigenvalue weighted by atomic mass is 32.2. The van der Waals surface area contributed by atoms with E-state index >= 15 is 0 Å². The Morgan fingerprint density at radius 1 is 1.27 bits per heavy atom. The first-order chi connectivity index (χ1) is 10.4. The average Bonchev–Trinajstić information content (AvgIpc) is 2.47. The third kappa shape index (κ3) is 3.45. The number of sulfonamides is 1. The van der Waals surface area contributed by atoms with Gasteiger partial charge in [-0.1, -0.05) is 6.07 Å². The summed E-state index contributed by atoms with van der Waals surface area (Å²) in [6.07, 6.45) is 1.79. The predicted molar refractivity (Wildman–Crippen MR) is 87.9 cm³/mol. The lowest BCUT2D eigenvalue weighted by molar-refractivity contribution is 0.270. The molecule has 1 aromatic rings. The molecular formula is C16H26N2O3S. The summed E-state index contributed by atoms with van der Waals surface area (Å²) in [5.74, 6) is 1.01. The molecule has 124 valence electrons. The SMILES string of the molecule is CNCC1CCN(S(=O)(=O)c2cc(C)cc(C)c2OC)CC1. The Hall–Kier alpha value is -1.11. The number of nitrogens with zero attached hydrogens (tertiary/aromatic N) is 1. The minimum Gasteiger partial charge on any atom is -0.495 e. The molecule has 0 amide bonds. The molecule has 1 aliphatic heterocycles. The lowest BCUT2D eigenvalue weighted by Crippen LogP contribution is -2.40. The van der Waals surface area contributed by atoms with Crippen LogP contribution >= 0.6 is 0 Å². The molecule has 0 aliphatic carbocycles. The minimum atomic E-state index is -3.50. The number of hydrogen-bond acceptors (Lipinski definition) is 4. The normalized spacial score (nSPS) is 17.6. The first kappa shape index (κ1) is 17.2. The first-order valence-corrected chi connectivity index (χ1v) is 9.14. The van der Waals surface area contributed by atoms with E-state index in [0.29, 0.717) is 29.7 Å². The van der Waals surface area contributed by atoms with Crippen molar-refractivity contribution in [1.29, 1.82) is 0 Å². The van der Waals surface area contributed by atoms with Crippen molar-refractivity contribution >= 4 is 10.0 Å². The van der Waals surface area contributed by atoms with Crippen LogP contribution in [-0.4, -0.2) is 46.5 Å². The van der Waals surface area contributed by atoms with Gasteiger partial charge in [-0.25, -0.2) is 8.42 Å². The molecule has 22 heavy (non-hydrogen) atoms. The summed E-state index contributed by atoms with van der Waals surface area (Å²) in [7, 11) is -0.0426. The van der Waals surface area contributed by atoms with Crippen LogP contribution in [0.1, 0.15) is 24.0 Å². The summed E-state index contributed by atoms with van der Waals surface area (Å²) in [4.78, 5) is 0.291. The Morgan fingerprint density at radius 2 is 1.91 bits per heavy atom. The standard InChI is InChI=1S/C16H26N2O3S/c1-12-9-13(2)16(21-4)15(10-12)22(19,20)18-7-5-14(6-8-18)11-17-3/h9-10,14,17H,5-8,11H2,1-4H3. The largest absolute Gasteiger partial charge is 0.495 e. The third-order valence-electron chi connectivity index (χ3n) is 4.27. The highest BCUT2D eigenvalue weighted by molar-refractivity contribution is 7.89. The fourth-order valence-corrected chi connectivity index (χ4v) is 4.93. The van der Waals surface area contributed by atoms with Gasteiger partial charge in [0.2, 0.25) is 10.0 Å². The molecule has 2 rings (SSSR count). The second-order valence-electron chi connectivity index (χ2n) is 6.02. The van der Waals surface area contributed by atoms with E-state index in [9.17, 15) is 8.42 Å². The average molecular weight is 326 g/mol. The molecule has 1 aliphatic rings. The van der Waals surface area contributed by atoms with E-state index in [1.54, 1.807) is 10.4 Å². The van der Waals surface area contributed by atoms with Gasteiger partial charge in [0.25, 0.3) is 0 Å². The second-order valence-corrected chi connectivity index (χ2v) is 7.92. The van der Waals surface area contributed by atoms with E-state index in [4.69, 9.17) is 4.74 Å². The predicted octanol–water partition coefficient (Wildman–Crippen LogP) is 1.93. The van der Waals surface area contributed by atoms with Gasteiger partial charge in [0.1, 0.15) is 10.6 Å². The van der Waals surface area contributed by atoms with E-state index < -0.39 is 10.0 Å². The fraction of sp³-hybridized carbons (Fsp3) is 0.625. The summed E-state index contributed by atoms with van der Waals surface area (Å²) in [5.41, 5.74) is 1.79. The van der Waals surface area contributed by atoms with Gasteiger partial charge in [0, 0.05) is 13.1 Å². The molecule has 1 fully saturated rings. The summed E-state index contributed by atoms with van der Waals surface area (Å²) in [6.45, 7) is 5.88. The summed E-state index contributed by atoms with van der Waals surface area (Å²) < 4.78 is 32.9. The highest BCUT2D eigenvalue weighted by Crippen LogP contribution is 2.33. The second kappa shape index (κ2) is 6.98. The number of methoxy groups -OCH3 is 1. The van der Waals surface area contributed by atoms with Gasteiger partial charge in [0.05, 0.1) is 7.11 Å². The summed E-state index contributed by atoms with van der Waals surface area (Å²) in [5, 5.41) is 3.17. The molecule has 1 saturated heterocycles. The first-order valence-electron chi connectivity index (χ1n) is 7.70. The van der Waals surface area contributed by atoms with Crippen molar-refractivity contribution in [2.75, 3.05) is 33.8 Å². The maximum absolute atomic E-state index is 13.0. The monoisotopic (exact) mass is 326 g/mol. The third-order valence-corrected chi connectivity index (χ3v) is 6.18. The molecule has 1 N–H and O–H groups in total. The van der Waals surface area contributed by atoms with Crippen LogP contribution in [0.3, 0.4) is 0 Å². The lowest BCUT2D eigenvalue weighted by atomic mass is 9.98. The molecule has 1 aromatic carbocycles. The van der Waals surface area contributed by atoms with Gasteiger partial charge >= 0.3 is 0 Å². The zero-order valence-corrected chi connectivity index (χ0v) is 14.7. The molecule has 1 heterocycles. The maximum Gasteiger partial charge on any atom is 0.246 e. The fourth-order valence-electron chi connectivity index (χ4n) is 3.15. The molecular weight excluding hydrogens is 300 g/mol. The van der Waals surface area contributed by atoms with Gasteiger partial charge in [-0.05, 0) is 63.4 Å². The van der Waals surface area contributed by atoms with Crippen molar-refractivity contribution in [1.82, 2.24) is 9.62 Å². The Bertz CT molecular complexity index is 621. The van der Waals surface area contributed by atoms with E-state index in [0.717, 1.165) is 30.5 Å². The number of ether oxygens (including phenoxy) is 1. The molecule has 0 bridgehead atoms. The molecule has 0 radical (unpaired) electrons. The lowest BCUT2D eigenvalue weighted by Gasteiger charge is -2.31. The van der Waals surface area contributed by atoms with E-state index in [2.05, 4.69) is 5.32 Å². The van der Waals surface area contributed by atoms with Crippen molar-refractivity contribution in [3.05, 3.63) is 23.3 Å². The van der Waals surface area contributed by atoms with Crippen LogP contribution in [0.4, 0.5) is 0 Å². The van der Waals surface area contributed by atoms with Crippen molar-refractivity contribution in [3.63, 3.8) is 0 Å². The van der Waals surface area contributed by atoms with Gasteiger partial charge in [-0.2, -0.15) is 4.31 Å². The van der Waals surface area contributed by atoms with Crippen molar-refractivity contribution < 1.29 is 13.2 Å². The van der Waals surface area contributed by atoms with Crippen LogP contribution in [-0.2, 0) is 10.0 Å². The molecule has 0 aromatic heterocycles. The zero-order valence-electron chi connectivity index (χ0n) is 13.8. The number of piperidine rings is 1. The Morgan fingerprint density at radius 3 is 2.45 bits per heavy atom. The minimum absolute atomic E-state index is 0.291. The smallest absolute Gasteiger partial charge is 0.246 e. The number of aryl methyl sites for hydroxylation is 2. The quantitative estimate of drug-likeness (QED) is 0.898. The summed E-state index contributed by atoms with van der Waals surface area (Å²) >= 11 is 0. The van der Waals surface area contributed by atoms with Gasteiger partial charge in [0.15, 0.2) is 0 Å². The Balaban J connectivity index is 2.28. The zero-order chi connectivity index (χ0) is 16.3. The van der Waals surface area contributed by atoms with Crippen LogP contribution in [0.2, 0.25) is 0 Å². The number of rotatable bonds is 5. The molecule has 0 unspecified atom stereocenters. The van der Waals surface area contributed by atoms with Crippen LogP contribution < -0.4 is 10.1 Å². The maximum atomic E-state index is 13.0. The van der Waals surface area contributed by atoms with E-state index in [1.165, 1.54) is 7.11 Å². The molecule has 0 atom stereocenters. The number of hydrogen-bond donors (Lipinski definition) is 1. The highest BCUT2D eigenvalue weighted by Gasteiger charge is 2.32. The Kier molecular flexibility index (Phi) is 5.47. The topological polar surface area (TPSA) is 58.6 Å². The molecule has 0 spiro atoms. The summed E-state index contributed by atoms with van der Waals surface area (Å²) in [6, 6.07) is 3.65. The van der Waals surface area contributed by atoms with Crippen molar-refractivity contribution in [3.8, 4) is 5.75 Å². The molecule has 6 heteroatoms. The number of benzene rings is 1. The van der Waals surface area contributed by atoms with E-state index in [1.807, 2.05) is 27.0 Å². The van der Waals surface area contributed by atoms with Crippen LogP contribution in [0.25, 0.3) is 0 Å². The molecule has 0 saturated carbocycles. The number of nitrogens with one attached hydrogen (secondary N) is 1. The van der Waals surface area contributed by atoms with Crippen LogP contribution in [0.5, 0.6) is 5.75 Å². The van der Waals surface area contributed by atoms with Gasteiger partial charge in [-0.3, -0.25) is 0 Å². The van der Waals surface area contributed by atoms with E-state index in [-0.39, 0.29) is 0 Å². The van der Waals surface area contributed by atoms with Crippen LogP contribution in [0.15, 0.2) is 17.0 Å². The van der Waals surface area contributed by atoms with Crippen molar-refractivity contribution in [2.45, 2.75) is 31.6 Å².